The van der Waals surface area contributed by atoms with Crippen LogP contribution >= 0.6 is 27.3 Å². The predicted molar refractivity (Wildman–Crippen MR) is 63.8 cm³/mol. The molecular weight excluding hydrogens is 276 g/mol. The van der Waals surface area contributed by atoms with Crippen LogP contribution in [0.3, 0.4) is 0 Å². The third kappa shape index (κ3) is 2.62. The lowest BCUT2D eigenvalue weighted by molar-refractivity contribution is 0.182. The van der Waals surface area contributed by atoms with E-state index in [1.54, 1.807) is 24.6 Å². The van der Waals surface area contributed by atoms with Gasteiger partial charge in [-0.3, -0.25) is 4.98 Å². The van der Waals surface area contributed by atoms with Crippen molar-refractivity contribution in [2.75, 3.05) is 7.11 Å². The Morgan fingerprint density at radius 3 is 3.00 bits per heavy atom. The maximum absolute atomic E-state index is 5.01. The summed E-state index contributed by atoms with van der Waals surface area (Å²) in [4.78, 5) is 8.70. The van der Waals surface area contributed by atoms with Gasteiger partial charge in [0.1, 0.15) is 5.01 Å². The van der Waals surface area contributed by atoms with Crippen LogP contribution in [-0.4, -0.2) is 17.1 Å². The maximum Gasteiger partial charge on any atom is 0.142 e. The van der Waals surface area contributed by atoms with Gasteiger partial charge in [0, 0.05) is 23.2 Å². The fourth-order valence-electron chi connectivity index (χ4n) is 1.14. The SMILES string of the molecule is COCc1csc(-c2ccc(Br)cn2)n1. The van der Waals surface area contributed by atoms with E-state index < -0.39 is 0 Å². The summed E-state index contributed by atoms with van der Waals surface area (Å²) in [6, 6.07) is 3.90. The highest BCUT2D eigenvalue weighted by Gasteiger charge is 2.05. The van der Waals surface area contributed by atoms with Crippen molar-refractivity contribution in [3.63, 3.8) is 0 Å². The van der Waals surface area contributed by atoms with Gasteiger partial charge in [-0.2, -0.15) is 0 Å². The fourth-order valence-corrected chi connectivity index (χ4v) is 2.16. The number of hydrogen-bond donors (Lipinski definition) is 0. The molecule has 0 aliphatic heterocycles. The van der Waals surface area contributed by atoms with E-state index in [2.05, 4.69) is 25.9 Å². The lowest BCUT2D eigenvalue weighted by atomic mass is 10.4. The van der Waals surface area contributed by atoms with E-state index in [9.17, 15) is 0 Å². The first-order valence-electron chi connectivity index (χ1n) is 4.35. The predicted octanol–water partition coefficient (Wildman–Crippen LogP) is 3.11. The van der Waals surface area contributed by atoms with Crippen LogP contribution in [0.4, 0.5) is 0 Å². The third-order valence-corrected chi connectivity index (χ3v) is 3.17. The van der Waals surface area contributed by atoms with Crippen molar-refractivity contribution in [2.45, 2.75) is 6.61 Å². The molecular formula is C10H9BrN2OS. The second kappa shape index (κ2) is 4.83. The lowest BCUT2D eigenvalue weighted by Crippen LogP contribution is -1.87. The fraction of sp³-hybridized carbons (Fsp3) is 0.200. The molecule has 3 nitrogen and oxygen atoms in total. The van der Waals surface area contributed by atoms with Gasteiger partial charge in [-0.1, -0.05) is 0 Å². The van der Waals surface area contributed by atoms with Gasteiger partial charge in [-0.25, -0.2) is 4.98 Å². The standard InChI is InChI=1S/C10H9BrN2OS/c1-14-5-8-6-15-10(13-8)9-3-2-7(11)4-12-9/h2-4,6H,5H2,1H3. The van der Waals surface area contributed by atoms with E-state index in [1.165, 1.54) is 0 Å². The zero-order valence-corrected chi connectivity index (χ0v) is 10.5. The number of hydrogen-bond acceptors (Lipinski definition) is 4. The van der Waals surface area contributed by atoms with Crippen LogP contribution in [0.1, 0.15) is 5.69 Å². The van der Waals surface area contributed by atoms with Crippen LogP contribution in [0.2, 0.25) is 0 Å². The van der Waals surface area contributed by atoms with Crippen LogP contribution in [0.25, 0.3) is 10.7 Å². The summed E-state index contributed by atoms with van der Waals surface area (Å²) in [7, 11) is 1.66. The van der Waals surface area contributed by atoms with Gasteiger partial charge in [-0.15, -0.1) is 11.3 Å². The zero-order chi connectivity index (χ0) is 10.7. The van der Waals surface area contributed by atoms with Crippen molar-refractivity contribution in [1.82, 2.24) is 9.97 Å². The summed E-state index contributed by atoms with van der Waals surface area (Å²) in [5.74, 6) is 0. The quantitative estimate of drug-likeness (QED) is 0.869. The third-order valence-electron chi connectivity index (χ3n) is 1.79. The minimum Gasteiger partial charge on any atom is -0.378 e. The van der Waals surface area contributed by atoms with E-state index in [4.69, 9.17) is 4.74 Å². The largest absolute Gasteiger partial charge is 0.378 e. The highest BCUT2D eigenvalue weighted by molar-refractivity contribution is 9.10. The molecule has 2 aromatic rings. The van der Waals surface area contributed by atoms with Crippen molar-refractivity contribution in [2.24, 2.45) is 0 Å². The summed E-state index contributed by atoms with van der Waals surface area (Å²) in [6.45, 7) is 0.549. The van der Waals surface area contributed by atoms with Crippen molar-refractivity contribution in [3.05, 3.63) is 33.9 Å². The number of pyridine rings is 1. The Labute approximate surface area is 100 Å². The first-order chi connectivity index (χ1) is 7.29. The molecule has 2 heterocycles. The summed E-state index contributed by atoms with van der Waals surface area (Å²) >= 11 is 4.93. The van der Waals surface area contributed by atoms with Crippen molar-refractivity contribution >= 4 is 27.3 Å². The molecule has 0 spiro atoms. The molecule has 0 unspecified atom stereocenters. The van der Waals surface area contributed by atoms with Crippen LogP contribution < -0.4 is 0 Å². The molecule has 0 radical (unpaired) electrons. The number of halogens is 1. The molecule has 0 bridgehead atoms. The number of ether oxygens (including phenoxy) is 1. The Balaban J connectivity index is 2.25. The summed E-state index contributed by atoms with van der Waals surface area (Å²) < 4.78 is 5.98. The number of nitrogens with zero attached hydrogens (tertiary/aromatic N) is 2. The van der Waals surface area contributed by atoms with Gasteiger partial charge in [0.05, 0.1) is 18.0 Å². The maximum atomic E-state index is 5.01. The van der Waals surface area contributed by atoms with Gasteiger partial charge >= 0.3 is 0 Å². The van der Waals surface area contributed by atoms with Crippen LogP contribution in [0.15, 0.2) is 28.2 Å². The van der Waals surface area contributed by atoms with Crippen molar-refractivity contribution < 1.29 is 4.74 Å². The monoisotopic (exact) mass is 284 g/mol. The number of methoxy groups -OCH3 is 1. The van der Waals surface area contributed by atoms with E-state index >= 15 is 0 Å². The second-order valence-electron chi connectivity index (χ2n) is 2.94. The van der Waals surface area contributed by atoms with E-state index in [1.807, 2.05) is 17.5 Å². The molecule has 5 heteroatoms. The van der Waals surface area contributed by atoms with Gasteiger partial charge in [-0.05, 0) is 28.1 Å². The Bertz CT molecular complexity index is 441. The normalized spacial score (nSPS) is 10.5. The molecule has 0 saturated heterocycles. The molecule has 0 atom stereocenters. The molecule has 0 aliphatic rings. The van der Waals surface area contributed by atoms with Crippen molar-refractivity contribution in [3.8, 4) is 10.7 Å². The van der Waals surface area contributed by atoms with Crippen LogP contribution in [-0.2, 0) is 11.3 Å². The Kier molecular flexibility index (Phi) is 3.45. The Morgan fingerprint density at radius 2 is 2.33 bits per heavy atom. The highest BCUT2D eigenvalue weighted by Crippen LogP contribution is 2.23. The van der Waals surface area contributed by atoms with E-state index in [0.29, 0.717) is 6.61 Å². The van der Waals surface area contributed by atoms with Gasteiger partial charge in [0.25, 0.3) is 0 Å². The average molecular weight is 285 g/mol. The van der Waals surface area contributed by atoms with Gasteiger partial charge in [0.2, 0.25) is 0 Å². The zero-order valence-electron chi connectivity index (χ0n) is 8.11. The summed E-state index contributed by atoms with van der Waals surface area (Å²) in [5.41, 5.74) is 1.84. The van der Waals surface area contributed by atoms with E-state index in [0.717, 1.165) is 20.9 Å². The van der Waals surface area contributed by atoms with Gasteiger partial charge < -0.3 is 4.74 Å². The highest BCUT2D eigenvalue weighted by atomic mass is 79.9. The molecule has 78 valence electrons. The molecule has 0 fully saturated rings. The minimum absolute atomic E-state index is 0.549. The summed E-state index contributed by atoms with van der Waals surface area (Å²) in [5, 5.41) is 2.91. The molecule has 0 aliphatic carbocycles. The van der Waals surface area contributed by atoms with E-state index in [-0.39, 0.29) is 0 Å². The van der Waals surface area contributed by atoms with Crippen LogP contribution in [0, 0.1) is 0 Å². The molecule has 0 aromatic carbocycles. The Morgan fingerprint density at radius 1 is 1.47 bits per heavy atom. The van der Waals surface area contributed by atoms with Crippen LogP contribution in [0.5, 0.6) is 0 Å². The van der Waals surface area contributed by atoms with Crippen molar-refractivity contribution in [1.29, 1.82) is 0 Å². The molecule has 0 N–H and O–H groups in total. The summed E-state index contributed by atoms with van der Waals surface area (Å²) in [6.07, 6.45) is 1.77. The minimum atomic E-state index is 0.549. The Hall–Kier alpha value is -0.780. The first kappa shape index (κ1) is 10.7. The first-order valence-corrected chi connectivity index (χ1v) is 6.02. The molecule has 2 aromatic heterocycles. The number of rotatable bonds is 3. The number of aromatic nitrogens is 2. The lowest BCUT2D eigenvalue weighted by Gasteiger charge is -1.95. The van der Waals surface area contributed by atoms with Gasteiger partial charge in [0.15, 0.2) is 0 Å². The molecule has 15 heavy (non-hydrogen) atoms. The molecule has 0 saturated carbocycles. The average Bonchev–Trinajstić information content (AvgIpc) is 2.68. The topological polar surface area (TPSA) is 35.0 Å². The number of thiazole rings is 1. The second-order valence-corrected chi connectivity index (χ2v) is 4.71. The smallest absolute Gasteiger partial charge is 0.142 e. The molecule has 2 rings (SSSR count). The molecule has 0 amide bonds.